The van der Waals surface area contributed by atoms with Gasteiger partial charge in [-0.25, -0.2) is 0 Å². The molecule has 0 aromatic heterocycles. The van der Waals surface area contributed by atoms with Gasteiger partial charge in [-0.2, -0.15) is 0 Å². The molecule has 0 bridgehead atoms. The van der Waals surface area contributed by atoms with Gasteiger partial charge in [0.15, 0.2) is 0 Å². The van der Waals surface area contributed by atoms with Crippen LogP contribution in [0.4, 0.5) is 0 Å². The van der Waals surface area contributed by atoms with Crippen LogP contribution in [0.2, 0.25) is 0 Å². The van der Waals surface area contributed by atoms with E-state index >= 15 is 0 Å². The quantitative estimate of drug-likeness (QED) is 0.401. The average molecular weight is 138 g/mol. The summed E-state index contributed by atoms with van der Waals surface area (Å²) in [6.45, 7) is 0. The zero-order valence-electron chi connectivity index (χ0n) is 2.55. The standard InChI is InChI=1S/Mn.2H2O.3O/h;2*1H2;;;/q+1;;;;;/p-1. The maximum absolute atomic E-state index is 8.69. The van der Waals surface area contributed by atoms with Gasteiger partial charge in [-0.15, -0.1) is 0 Å². The van der Waals surface area contributed by atoms with E-state index < -0.39 is 13.0 Å². The zero-order valence-corrected chi connectivity index (χ0v) is 3.73. The summed E-state index contributed by atoms with van der Waals surface area (Å²) in [6.07, 6.45) is 0. The van der Waals surface area contributed by atoms with E-state index in [4.69, 9.17) is 15.7 Å². The van der Waals surface area contributed by atoms with Gasteiger partial charge in [-0.05, 0) is 0 Å². The van der Waals surface area contributed by atoms with Crippen molar-refractivity contribution in [3.05, 3.63) is 0 Å². The molecule has 6 heavy (non-hydrogen) atoms. The van der Waals surface area contributed by atoms with E-state index in [1.54, 1.807) is 0 Å². The first-order valence-electron chi connectivity index (χ1n) is 0.632. The summed E-state index contributed by atoms with van der Waals surface area (Å²) in [4.78, 5) is 0. The van der Waals surface area contributed by atoms with Crippen LogP contribution in [0, 0.1) is 0 Å². The third-order valence-electron chi connectivity index (χ3n) is 0. The van der Waals surface area contributed by atoms with Crippen molar-refractivity contribution in [1.29, 1.82) is 0 Å². The Balaban J connectivity index is 0. The van der Waals surface area contributed by atoms with Crippen LogP contribution >= 0.6 is 0 Å². The second-order valence-electron chi connectivity index (χ2n) is 0.396. The van der Waals surface area contributed by atoms with Crippen molar-refractivity contribution in [3.63, 3.8) is 0 Å². The molecule has 0 unspecified atom stereocenters. The Hall–Kier alpha value is -0.161. The molecule has 0 saturated heterocycles. The van der Waals surface area contributed by atoms with Gasteiger partial charge in [-0.1, -0.05) is 0 Å². The summed E-state index contributed by atoms with van der Waals surface area (Å²) in [6, 6.07) is 0. The Morgan fingerprint density at radius 3 is 1.17 bits per heavy atom. The van der Waals surface area contributed by atoms with E-state index in [0.29, 0.717) is 0 Å². The SMILES string of the molecule is O.[O]=[Mn](=[O])(=[O])[OH]. The summed E-state index contributed by atoms with van der Waals surface area (Å²) in [5.41, 5.74) is 0. The summed E-state index contributed by atoms with van der Waals surface area (Å²) < 4.78 is 33.1. The Morgan fingerprint density at radius 2 is 1.17 bits per heavy atom. The van der Waals surface area contributed by atoms with Gasteiger partial charge in [0.25, 0.3) is 0 Å². The van der Waals surface area contributed by atoms with Crippen LogP contribution < -0.4 is 0 Å². The van der Waals surface area contributed by atoms with E-state index in [9.17, 15) is 0 Å². The molecule has 0 fully saturated rings. The average Bonchev–Trinajstić information content (AvgIpc) is 0.722. The molecule has 0 heterocycles. The Bertz CT molecular complexity index is 125. The predicted molar refractivity (Wildman–Crippen MR) is 7.89 cm³/mol. The predicted octanol–water partition coefficient (Wildman–Crippen LogP) is -1.74. The molecule has 0 aliphatic rings. The molecule has 0 aromatic rings. The van der Waals surface area contributed by atoms with Gasteiger partial charge in [-0.3, -0.25) is 0 Å². The third kappa shape index (κ3) is 1200. The summed E-state index contributed by atoms with van der Waals surface area (Å²) in [5.74, 6) is 0. The van der Waals surface area contributed by atoms with E-state index in [-0.39, 0.29) is 5.48 Å². The first-order valence-corrected chi connectivity index (χ1v) is 2.61. The van der Waals surface area contributed by atoms with Gasteiger partial charge in [0.1, 0.15) is 0 Å². The van der Waals surface area contributed by atoms with Crippen LogP contribution in [0.25, 0.3) is 0 Å². The molecule has 0 radical (unpaired) electrons. The third-order valence-corrected chi connectivity index (χ3v) is 0. The fraction of sp³-hybridized carbons (Fsp3) is 0. The van der Waals surface area contributed by atoms with E-state index in [0.717, 1.165) is 0 Å². The first-order chi connectivity index (χ1) is 2.00. The minimum atomic E-state index is -5.38. The molecule has 0 rings (SSSR count). The summed E-state index contributed by atoms with van der Waals surface area (Å²) in [7, 11) is 0. The molecule has 0 spiro atoms. The van der Waals surface area contributed by atoms with E-state index in [1.807, 2.05) is 0 Å². The monoisotopic (exact) mass is 138 g/mol. The number of hydrogen-bond acceptors (Lipinski definition) is 3. The first kappa shape index (κ1) is 9.28. The molecule has 0 saturated carbocycles. The number of hydrogen-bond donors (Lipinski definition) is 1. The van der Waals surface area contributed by atoms with E-state index in [2.05, 4.69) is 0 Å². The van der Waals surface area contributed by atoms with Crippen molar-refractivity contribution in [2.24, 2.45) is 0 Å². The molecular formula is H3MnO5. The molecule has 6 heteroatoms. The molecule has 0 aliphatic heterocycles. The summed E-state index contributed by atoms with van der Waals surface area (Å²) >= 11 is -5.38. The molecule has 0 aromatic carbocycles. The molecule has 0 atom stereocenters. The fourth-order valence-electron chi connectivity index (χ4n) is 0. The molecule has 40 valence electrons. The maximum atomic E-state index is 8.69. The van der Waals surface area contributed by atoms with Crippen molar-refractivity contribution < 1.29 is 34.1 Å². The Labute approximate surface area is 35.1 Å². The van der Waals surface area contributed by atoms with Crippen LogP contribution in [0.5, 0.6) is 0 Å². The van der Waals surface area contributed by atoms with Gasteiger partial charge >= 0.3 is 28.7 Å². The second kappa shape index (κ2) is 2.09. The van der Waals surface area contributed by atoms with Gasteiger partial charge < -0.3 is 5.48 Å². The molecule has 0 aliphatic carbocycles. The van der Waals surface area contributed by atoms with Crippen LogP contribution in [0.3, 0.4) is 0 Å². The van der Waals surface area contributed by atoms with Crippen molar-refractivity contribution in [3.8, 4) is 0 Å². The fourth-order valence-corrected chi connectivity index (χ4v) is 0. The van der Waals surface area contributed by atoms with Gasteiger partial charge in [0.2, 0.25) is 0 Å². The summed E-state index contributed by atoms with van der Waals surface area (Å²) in [5, 5.41) is 0. The van der Waals surface area contributed by atoms with Crippen molar-refractivity contribution >= 4 is 0 Å². The zero-order chi connectivity index (χ0) is 4.50. The number of rotatable bonds is 0. The van der Waals surface area contributed by atoms with Crippen molar-refractivity contribution in [2.45, 2.75) is 0 Å². The Morgan fingerprint density at radius 1 is 1.17 bits per heavy atom. The van der Waals surface area contributed by atoms with Gasteiger partial charge in [0, 0.05) is 0 Å². The normalized spacial score (nSPS) is 9.50. The second-order valence-corrected chi connectivity index (χ2v) is 1.63. The topological polar surface area (TPSA) is 103 Å². The molecule has 3 N–H and O–H groups in total. The van der Waals surface area contributed by atoms with E-state index in [1.165, 1.54) is 0 Å². The van der Waals surface area contributed by atoms with Crippen LogP contribution in [0.15, 0.2) is 0 Å². The van der Waals surface area contributed by atoms with Crippen LogP contribution in [-0.2, 0) is 24.5 Å². The molecular weight excluding hydrogens is 135 g/mol. The van der Waals surface area contributed by atoms with Crippen molar-refractivity contribution in [1.82, 2.24) is 0 Å². The van der Waals surface area contributed by atoms with Gasteiger partial charge in [0.05, 0.1) is 0 Å². The van der Waals surface area contributed by atoms with Crippen LogP contribution in [0.1, 0.15) is 0 Å². The van der Waals surface area contributed by atoms with Crippen molar-refractivity contribution in [2.75, 3.05) is 0 Å². The molecule has 5 nitrogen and oxygen atoms in total. The Kier molecular flexibility index (Phi) is 3.23. The van der Waals surface area contributed by atoms with Crippen LogP contribution in [-0.4, -0.2) is 9.67 Å². The minimum absolute atomic E-state index is 0. The molecule has 0 amide bonds.